The van der Waals surface area contributed by atoms with Gasteiger partial charge < -0.3 is 11.1 Å². The molecular formula is C15H17N3O. The van der Waals surface area contributed by atoms with Crippen LogP contribution in [-0.4, -0.2) is 10.9 Å². The number of carbonyl (C=O) groups excluding carboxylic acids is 1. The first kappa shape index (κ1) is 13.2. The van der Waals surface area contributed by atoms with E-state index >= 15 is 0 Å². The van der Waals surface area contributed by atoms with Crippen LogP contribution >= 0.6 is 0 Å². The molecular weight excluding hydrogens is 238 g/mol. The molecule has 1 aromatic heterocycles. The highest BCUT2D eigenvalue weighted by Gasteiger charge is 2.07. The predicted molar refractivity (Wildman–Crippen MR) is 76.0 cm³/mol. The first-order valence-corrected chi connectivity index (χ1v) is 6.14. The van der Waals surface area contributed by atoms with Gasteiger partial charge in [0.15, 0.2) is 0 Å². The Hall–Kier alpha value is -2.20. The van der Waals surface area contributed by atoms with E-state index in [0.717, 1.165) is 16.8 Å². The second kappa shape index (κ2) is 5.63. The third-order valence-electron chi connectivity index (χ3n) is 3.06. The van der Waals surface area contributed by atoms with Crippen LogP contribution in [-0.2, 0) is 6.54 Å². The molecule has 1 aromatic carbocycles. The summed E-state index contributed by atoms with van der Waals surface area (Å²) in [5.41, 5.74) is 9.90. The number of hydrogen-bond donors (Lipinski definition) is 2. The topological polar surface area (TPSA) is 68.0 Å². The third kappa shape index (κ3) is 3.17. The van der Waals surface area contributed by atoms with Gasteiger partial charge in [0, 0.05) is 18.4 Å². The molecule has 0 radical (unpaired) electrons. The molecule has 0 aliphatic rings. The lowest BCUT2D eigenvalue weighted by Gasteiger charge is -2.07. The molecule has 4 heteroatoms. The molecule has 0 saturated heterocycles. The second-order valence-corrected chi connectivity index (χ2v) is 4.51. The van der Waals surface area contributed by atoms with Gasteiger partial charge in [-0.15, -0.1) is 0 Å². The number of benzene rings is 1. The summed E-state index contributed by atoms with van der Waals surface area (Å²) in [6.45, 7) is 4.47. The maximum Gasteiger partial charge on any atom is 0.274 e. The van der Waals surface area contributed by atoms with Crippen molar-refractivity contribution in [1.29, 1.82) is 0 Å². The van der Waals surface area contributed by atoms with Gasteiger partial charge in [-0.3, -0.25) is 9.78 Å². The molecule has 2 rings (SSSR count). The van der Waals surface area contributed by atoms with Crippen LogP contribution in [0.5, 0.6) is 0 Å². The van der Waals surface area contributed by atoms with E-state index in [-0.39, 0.29) is 5.91 Å². The van der Waals surface area contributed by atoms with Crippen LogP contribution in [0.25, 0.3) is 0 Å². The zero-order valence-electron chi connectivity index (χ0n) is 11.1. The summed E-state index contributed by atoms with van der Waals surface area (Å²) in [5, 5.41) is 2.83. The average Bonchev–Trinajstić information content (AvgIpc) is 2.43. The summed E-state index contributed by atoms with van der Waals surface area (Å²) >= 11 is 0. The standard InChI is InChI=1S/C15H17N3O/c1-10-3-5-13(7-11(10)2)18-15(19)14-6-4-12(8-16)9-17-14/h3-7,9H,8,16H2,1-2H3,(H,18,19). The van der Waals surface area contributed by atoms with Crippen molar-refractivity contribution in [2.24, 2.45) is 5.73 Å². The molecule has 0 aliphatic carbocycles. The van der Waals surface area contributed by atoms with Crippen molar-refractivity contribution in [3.8, 4) is 0 Å². The highest BCUT2D eigenvalue weighted by molar-refractivity contribution is 6.02. The molecule has 0 spiro atoms. The first-order chi connectivity index (χ1) is 9.10. The second-order valence-electron chi connectivity index (χ2n) is 4.51. The van der Waals surface area contributed by atoms with Gasteiger partial charge in [0.1, 0.15) is 5.69 Å². The molecule has 0 aliphatic heterocycles. The number of nitrogens with one attached hydrogen (secondary N) is 1. The number of pyridine rings is 1. The Morgan fingerprint density at radius 2 is 2.00 bits per heavy atom. The van der Waals surface area contributed by atoms with E-state index in [9.17, 15) is 4.79 Å². The van der Waals surface area contributed by atoms with Crippen molar-refractivity contribution in [3.63, 3.8) is 0 Å². The fourth-order valence-electron chi connectivity index (χ4n) is 1.69. The Morgan fingerprint density at radius 1 is 1.21 bits per heavy atom. The number of carbonyl (C=O) groups is 1. The Labute approximate surface area is 112 Å². The fraction of sp³-hybridized carbons (Fsp3) is 0.200. The minimum absolute atomic E-state index is 0.216. The average molecular weight is 255 g/mol. The lowest BCUT2D eigenvalue weighted by Crippen LogP contribution is -2.14. The molecule has 1 amide bonds. The Kier molecular flexibility index (Phi) is 3.92. The minimum Gasteiger partial charge on any atom is -0.326 e. The van der Waals surface area contributed by atoms with Gasteiger partial charge in [0.25, 0.3) is 5.91 Å². The maximum absolute atomic E-state index is 12.0. The molecule has 0 unspecified atom stereocenters. The van der Waals surface area contributed by atoms with Crippen molar-refractivity contribution in [3.05, 3.63) is 58.9 Å². The lowest BCUT2D eigenvalue weighted by molar-refractivity contribution is 0.102. The maximum atomic E-state index is 12.0. The van der Waals surface area contributed by atoms with Crippen LogP contribution in [0.15, 0.2) is 36.5 Å². The van der Waals surface area contributed by atoms with Crippen LogP contribution in [0.3, 0.4) is 0 Å². The largest absolute Gasteiger partial charge is 0.326 e. The number of hydrogen-bond acceptors (Lipinski definition) is 3. The van der Waals surface area contributed by atoms with Gasteiger partial charge in [0.05, 0.1) is 0 Å². The smallest absolute Gasteiger partial charge is 0.274 e. The molecule has 2 aromatic rings. The number of nitrogens with zero attached hydrogens (tertiary/aromatic N) is 1. The highest BCUT2D eigenvalue weighted by Crippen LogP contribution is 2.15. The lowest BCUT2D eigenvalue weighted by atomic mass is 10.1. The number of amides is 1. The molecule has 3 N–H and O–H groups in total. The Balaban J connectivity index is 2.13. The summed E-state index contributed by atoms with van der Waals surface area (Å²) in [7, 11) is 0. The van der Waals surface area contributed by atoms with Crippen LogP contribution in [0.2, 0.25) is 0 Å². The zero-order chi connectivity index (χ0) is 13.8. The monoisotopic (exact) mass is 255 g/mol. The molecule has 0 fully saturated rings. The quantitative estimate of drug-likeness (QED) is 0.885. The minimum atomic E-state index is -0.216. The van der Waals surface area contributed by atoms with Gasteiger partial charge >= 0.3 is 0 Å². The Bertz CT molecular complexity index is 591. The van der Waals surface area contributed by atoms with E-state index in [2.05, 4.69) is 10.3 Å². The molecule has 19 heavy (non-hydrogen) atoms. The summed E-state index contributed by atoms with van der Waals surface area (Å²) in [6, 6.07) is 9.30. The Morgan fingerprint density at radius 3 is 2.58 bits per heavy atom. The number of nitrogens with two attached hydrogens (primary N) is 1. The van der Waals surface area contributed by atoms with Gasteiger partial charge in [0.2, 0.25) is 0 Å². The molecule has 0 saturated carbocycles. The normalized spacial score (nSPS) is 10.3. The molecule has 1 heterocycles. The van der Waals surface area contributed by atoms with E-state index in [1.165, 1.54) is 5.56 Å². The first-order valence-electron chi connectivity index (χ1n) is 6.14. The van der Waals surface area contributed by atoms with Gasteiger partial charge in [-0.25, -0.2) is 0 Å². The number of aryl methyl sites for hydroxylation is 2. The van der Waals surface area contributed by atoms with Crippen molar-refractivity contribution in [2.75, 3.05) is 5.32 Å². The summed E-state index contributed by atoms with van der Waals surface area (Å²) < 4.78 is 0. The number of anilines is 1. The van der Waals surface area contributed by atoms with E-state index < -0.39 is 0 Å². The third-order valence-corrected chi connectivity index (χ3v) is 3.06. The van der Waals surface area contributed by atoms with Gasteiger partial charge in [-0.05, 0) is 48.7 Å². The van der Waals surface area contributed by atoms with Crippen LogP contribution in [0.1, 0.15) is 27.2 Å². The predicted octanol–water partition coefficient (Wildman–Crippen LogP) is 2.41. The van der Waals surface area contributed by atoms with Crippen molar-refractivity contribution in [2.45, 2.75) is 20.4 Å². The molecule has 0 bridgehead atoms. The summed E-state index contributed by atoms with van der Waals surface area (Å²) in [4.78, 5) is 16.1. The number of rotatable bonds is 3. The SMILES string of the molecule is Cc1ccc(NC(=O)c2ccc(CN)cn2)cc1C. The van der Waals surface area contributed by atoms with Crippen LogP contribution in [0.4, 0.5) is 5.69 Å². The molecule has 98 valence electrons. The number of aromatic nitrogens is 1. The molecule has 4 nitrogen and oxygen atoms in total. The van der Waals surface area contributed by atoms with Gasteiger partial charge in [-0.2, -0.15) is 0 Å². The summed E-state index contributed by atoms with van der Waals surface area (Å²) in [6.07, 6.45) is 1.62. The van der Waals surface area contributed by atoms with E-state index in [4.69, 9.17) is 5.73 Å². The summed E-state index contributed by atoms with van der Waals surface area (Å²) in [5.74, 6) is -0.216. The molecule has 0 atom stereocenters. The van der Waals surface area contributed by atoms with Gasteiger partial charge in [-0.1, -0.05) is 12.1 Å². The zero-order valence-corrected chi connectivity index (χ0v) is 11.1. The van der Waals surface area contributed by atoms with Crippen molar-refractivity contribution < 1.29 is 4.79 Å². The van der Waals surface area contributed by atoms with Crippen molar-refractivity contribution in [1.82, 2.24) is 4.98 Å². The van der Waals surface area contributed by atoms with Crippen LogP contribution in [0, 0.1) is 13.8 Å². The van der Waals surface area contributed by atoms with E-state index in [1.807, 2.05) is 38.1 Å². The fourth-order valence-corrected chi connectivity index (χ4v) is 1.69. The van der Waals surface area contributed by atoms with Crippen LogP contribution < -0.4 is 11.1 Å². The van der Waals surface area contributed by atoms with Crippen molar-refractivity contribution >= 4 is 11.6 Å². The van der Waals surface area contributed by atoms with E-state index in [0.29, 0.717) is 12.2 Å². The van der Waals surface area contributed by atoms with E-state index in [1.54, 1.807) is 12.3 Å². The highest BCUT2D eigenvalue weighted by atomic mass is 16.1.